The molecule has 36 heavy (non-hydrogen) atoms. The Balaban J connectivity index is 2.95. The highest BCUT2D eigenvalue weighted by atomic mass is 32.2. The molecule has 0 saturated carbocycles. The molecule has 0 fully saturated rings. The smallest absolute Gasteiger partial charge is 0.327 e. The van der Waals surface area contributed by atoms with Gasteiger partial charge in [-0.05, 0) is 67.9 Å². The van der Waals surface area contributed by atoms with Crippen molar-refractivity contribution in [2.75, 3.05) is 5.75 Å². The lowest BCUT2D eigenvalue weighted by Gasteiger charge is -2.16. The third kappa shape index (κ3) is 6.35. The molecule has 2 rings (SSSR count). The van der Waals surface area contributed by atoms with Crippen LogP contribution < -0.4 is 10.7 Å². The number of allylic oxidation sites excluding steroid dienone is 3. The Labute approximate surface area is 211 Å². The van der Waals surface area contributed by atoms with Crippen LogP contribution in [0.2, 0.25) is 0 Å². The Bertz CT molecular complexity index is 1310. The van der Waals surface area contributed by atoms with E-state index in [9.17, 15) is 26.3 Å². The van der Waals surface area contributed by atoms with Gasteiger partial charge in [-0.15, -0.1) is 11.8 Å². The van der Waals surface area contributed by atoms with Gasteiger partial charge in [0.2, 0.25) is 0 Å². The highest BCUT2D eigenvalue weighted by Gasteiger charge is 2.32. The van der Waals surface area contributed by atoms with Gasteiger partial charge in [-0.2, -0.15) is 26.3 Å². The predicted molar refractivity (Wildman–Crippen MR) is 138 cm³/mol. The summed E-state index contributed by atoms with van der Waals surface area (Å²) in [6.07, 6.45) is -5.02. The second-order valence-corrected chi connectivity index (χ2v) is 9.41. The Morgan fingerprint density at radius 1 is 1.11 bits per heavy atom. The summed E-state index contributed by atoms with van der Waals surface area (Å²) < 4.78 is 82.1. The van der Waals surface area contributed by atoms with Crippen molar-refractivity contribution in [2.24, 2.45) is 7.05 Å². The van der Waals surface area contributed by atoms with E-state index in [1.807, 2.05) is 20.8 Å². The summed E-state index contributed by atoms with van der Waals surface area (Å²) in [6, 6.07) is 3.47. The first-order valence-corrected chi connectivity index (χ1v) is 12.4. The molecule has 1 heterocycles. The second-order valence-electron chi connectivity index (χ2n) is 8.14. The van der Waals surface area contributed by atoms with E-state index >= 15 is 0 Å². The van der Waals surface area contributed by atoms with Gasteiger partial charge < -0.3 is 4.57 Å². The molecule has 0 aliphatic carbocycles. The van der Waals surface area contributed by atoms with Gasteiger partial charge in [-0.3, -0.25) is 0 Å². The molecule has 1 aromatic carbocycles. The van der Waals surface area contributed by atoms with Crippen LogP contribution in [-0.2, 0) is 13.2 Å². The summed E-state index contributed by atoms with van der Waals surface area (Å²) in [6.45, 7) is 12.4. The fraction of sp³-hybridized carbons (Fsp3) is 0.370. The first-order valence-electron chi connectivity index (χ1n) is 11.4. The molecular weight excluding hydrogens is 498 g/mol. The number of alkyl halides is 6. The molecule has 0 N–H and O–H groups in total. The zero-order valence-corrected chi connectivity index (χ0v) is 22.0. The molecule has 0 unspecified atom stereocenters. The van der Waals surface area contributed by atoms with Crippen molar-refractivity contribution in [3.05, 3.63) is 69.6 Å². The number of halogens is 6. The minimum Gasteiger partial charge on any atom is -0.327 e. The Hall–Kier alpha value is -2.68. The maximum atomic E-state index is 13.5. The maximum absolute atomic E-state index is 13.5. The van der Waals surface area contributed by atoms with E-state index in [2.05, 4.69) is 11.6 Å². The van der Waals surface area contributed by atoms with Gasteiger partial charge in [0.25, 0.3) is 0 Å². The molecule has 2 aromatic rings. The van der Waals surface area contributed by atoms with Crippen molar-refractivity contribution < 1.29 is 26.3 Å². The standard InChI is InChI=1S/C27H30F6N2S/c1-8-16(5)23-22(15-19(10-3)26(28,29)30)34-25(35(23)7)17(6)24(36-11-4)21-13-12-20(27(31,32)33)14-18(21)9-2/h9-10,12-15H,2,8,11H2,1,3-7H3/b19-10+,22-15+,23-16?,24-17-. The minimum atomic E-state index is -4.53. The molecule has 2 nitrogen and oxygen atoms in total. The first-order chi connectivity index (χ1) is 16.7. The SMILES string of the molecule is C=Cc1cc(C(F)(F)F)ccc1/C(SCC)=C(\C)c1n/c(=C/C(=C\C)C(F)(F)F)c(=C(C)CC)n1C. The summed E-state index contributed by atoms with van der Waals surface area (Å²) in [5.41, 5.74) is 0.780. The van der Waals surface area contributed by atoms with Gasteiger partial charge in [-0.25, -0.2) is 4.98 Å². The monoisotopic (exact) mass is 528 g/mol. The molecule has 196 valence electrons. The normalized spacial score (nSPS) is 15.2. The van der Waals surface area contributed by atoms with Gasteiger partial charge in [0.05, 0.1) is 21.8 Å². The van der Waals surface area contributed by atoms with Crippen LogP contribution in [0.3, 0.4) is 0 Å². The average Bonchev–Trinajstić information content (AvgIpc) is 3.13. The number of nitrogens with zero attached hydrogens (tertiary/aromatic N) is 2. The van der Waals surface area contributed by atoms with Crippen LogP contribution >= 0.6 is 11.8 Å². The zero-order chi connectivity index (χ0) is 27.4. The minimum absolute atomic E-state index is 0.189. The lowest BCUT2D eigenvalue weighted by atomic mass is 10.0. The molecule has 9 heteroatoms. The number of hydrogen-bond acceptors (Lipinski definition) is 2. The van der Waals surface area contributed by atoms with E-state index in [1.165, 1.54) is 30.8 Å². The van der Waals surface area contributed by atoms with Crippen molar-refractivity contribution in [1.29, 1.82) is 0 Å². The third-order valence-electron chi connectivity index (χ3n) is 5.80. The van der Waals surface area contributed by atoms with Crippen LogP contribution in [-0.4, -0.2) is 21.5 Å². The van der Waals surface area contributed by atoms with Crippen molar-refractivity contribution in [1.82, 2.24) is 9.55 Å². The van der Waals surface area contributed by atoms with Crippen molar-refractivity contribution in [2.45, 2.75) is 53.4 Å². The molecule has 0 bridgehead atoms. The molecule has 0 aliphatic rings. The quantitative estimate of drug-likeness (QED) is 0.345. The van der Waals surface area contributed by atoms with Gasteiger partial charge >= 0.3 is 12.4 Å². The number of benzene rings is 1. The average molecular weight is 529 g/mol. The Kier molecular flexibility index (Phi) is 9.51. The van der Waals surface area contributed by atoms with Crippen LogP contribution in [0.25, 0.3) is 28.2 Å². The fourth-order valence-electron chi connectivity index (χ4n) is 3.85. The van der Waals surface area contributed by atoms with Gasteiger partial charge in [0.1, 0.15) is 5.82 Å². The van der Waals surface area contributed by atoms with Crippen molar-refractivity contribution >= 4 is 40.0 Å². The lowest BCUT2D eigenvalue weighted by molar-refractivity contribution is -0.137. The number of thioether (sulfide) groups is 1. The third-order valence-corrected chi connectivity index (χ3v) is 6.90. The lowest BCUT2D eigenvalue weighted by Crippen LogP contribution is -2.32. The van der Waals surface area contributed by atoms with Gasteiger partial charge in [0, 0.05) is 17.5 Å². The second kappa shape index (κ2) is 11.6. The molecule has 1 aromatic heterocycles. The largest absolute Gasteiger partial charge is 0.416 e. The molecule has 0 aliphatic heterocycles. The zero-order valence-electron chi connectivity index (χ0n) is 21.2. The summed E-state index contributed by atoms with van der Waals surface area (Å²) in [5.74, 6) is 1.06. The van der Waals surface area contributed by atoms with Crippen LogP contribution in [0.5, 0.6) is 0 Å². The van der Waals surface area contributed by atoms with Crippen LogP contribution in [0, 0.1) is 0 Å². The Morgan fingerprint density at radius 3 is 2.22 bits per heavy atom. The van der Waals surface area contributed by atoms with Crippen LogP contribution in [0.15, 0.2) is 36.4 Å². The van der Waals surface area contributed by atoms with Crippen LogP contribution in [0.1, 0.15) is 63.6 Å². The number of hydrogen-bond donors (Lipinski definition) is 0. The molecule has 0 amide bonds. The van der Waals surface area contributed by atoms with Crippen LogP contribution in [0.4, 0.5) is 26.3 Å². The fourth-order valence-corrected chi connectivity index (χ4v) is 4.79. The molecule has 0 spiro atoms. The Morgan fingerprint density at radius 2 is 1.75 bits per heavy atom. The highest BCUT2D eigenvalue weighted by Crippen LogP contribution is 2.39. The summed E-state index contributed by atoms with van der Waals surface area (Å²) in [7, 11) is 1.73. The van der Waals surface area contributed by atoms with Gasteiger partial charge in [0.15, 0.2) is 0 Å². The van der Waals surface area contributed by atoms with E-state index < -0.39 is 23.5 Å². The topological polar surface area (TPSA) is 17.8 Å². The summed E-state index contributed by atoms with van der Waals surface area (Å²) in [5, 5.41) is 0.765. The van der Waals surface area contributed by atoms with E-state index in [0.717, 1.165) is 29.9 Å². The number of imidazole rings is 1. The van der Waals surface area contributed by atoms with E-state index in [0.29, 0.717) is 45.0 Å². The maximum Gasteiger partial charge on any atom is 0.416 e. The van der Waals surface area contributed by atoms with E-state index in [1.54, 1.807) is 18.5 Å². The van der Waals surface area contributed by atoms with Crippen molar-refractivity contribution in [3.63, 3.8) is 0 Å². The summed E-state index contributed by atoms with van der Waals surface area (Å²) in [4.78, 5) is 5.27. The van der Waals surface area contributed by atoms with Crippen molar-refractivity contribution in [3.8, 4) is 0 Å². The van der Waals surface area contributed by atoms with E-state index in [-0.39, 0.29) is 5.35 Å². The molecule has 0 radical (unpaired) electrons. The predicted octanol–water partition coefficient (Wildman–Crippen LogP) is 7.59. The van der Waals surface area contributed by atoms with E-state index in [4.69, 9.17) is 0 Å². The number of rotatable bonds is 7. The molecule has 0 atom stereocenters. The number of aromatic nitrogens is 2. The molecular formula is C27H30F6N2S. The first kappa shape index (κ1) is 29.5. The summed E-state index contributed by atoms with van der Waals surface area (Å²) >= 11 is 1.42. The highest BCUT2D eigenvalue weighted by molar-refractivity contribution is 8.08. The van der Waals surface area contributed by atoms with Gasteiger partial charge in [-0.1, -0.05) is 38.6 Å². The molecule has 0 saturated heterocycles.